The Labute approximate surface area is 151 Å². The van der Waals surface area contributed by atoms with E-state index in [1.54, 1.807) is 6.33 Å². The Hall–Kier alpha value is -3.15. The number of hydrogen-bond acceptors (Lipinski definition) is 3. The van der Waals surface area contributed by atoms with Gasteiger partial charge in [0.1, 0.15) is 0 Å². The number of rotatable bonds is 6. The molecule has 0 radical (unpaired) electrons. The highest BCUT2D eigenvalue weighted by Crippen LogP contribution is 2.39. The van der Waals surface area contributed by atoms with Crippen LogP contribution in [0.2, 0.25) is 0 Å². The third-order valence-electron chi connectivity index (χ3n) is 4.85. The molecule has 3 aromatic heterocycles. The van der Waals surface area contributed by atoms with Crippen LogP contribution < -0.4 is 0 Å². The number of H-pyrrole nitrogens is 1. The third-order valence-corrected chi connectivity index (χ3v) is 4.85. The Balaban J connectivity index is 1.63. The Morgan fingerprint density at radius 1 is 1.08 bits per heavy atom. The zero-order valence-corrected chi connectivity index (χ0v) is 14.4. The van der Waals surface area contributed by atoms with Crippen molar-refractivity contribution in [2.24, 2.45) is 0 Å². The zero-order chi connectivity index (χ0) is 17.3. The number of nitrogens with one attached hydrogen (secondary N) is 1. The van der Waals surface area contributed by atoms with Gasteiger partial charge in [-0.3, -0.25) is 0 Å². The second-order valence-electron chi connectivity index (χ2n) is 6.78. The van der Waals surface area contributed by atoms with Crippen LogP contribution in [0.15, 0.2) is 67.4 Å². The maximum absolute atomic E-state index is 4.98. The normalized spacial score (nSPS) is 15.2. The molecule has 130 valence electrons. The fourth-order valence-electron chi connectivity index (χ4n) is 3.32. The summed E-state index contributed by atoms with van der Waals surface area (Å²) in [5.74, 6) is 2.44. The van der Waals surface area contributed by atoms with E-state index in [2.05, 4.69) is 39.1 Å². The lowest BCUT2D eigenvalue weighted by Crippen LogP contribution is -2.18. The molecule has 1 N–H and O–H groups in total. The summed E-state index contributed by atoms with van der Waals surface area (Å²) < 4.78 is 4.20. The molecule has 0 unspecified atom stereocenters. The van der Waals surface area contributed by atoms with Gasteiger partial charge in [-0.05, 0) is 37.1 Å². The molecule has 3 heterocycles. The largest absolute Gasteiger partial charge is 0.348 e. The van der Waals surface area contributed by atoms with Gasteiger partial charge in [0.05, 0.1) is 18.1 Å². The monoisotopic (exact) mass is 344 g/mol. The van der Waals surface area contributed by atoms with Crippen LogP contribution in [0.4, 0.5) is 0 Å². The highest BCUT2D eigenvalue weighted by molar-refractivity contribution is 5.33. The van der Waals surface area contributed by atoms with Crippen molar-refractivity contribution in [3.63, 3.8) is 0 Å². The zero-order valence-electron chi connectivity index (χ0n) is 14.4. The number of hydrogen-bond donors (Lipinski definition) is 1. The molecule has 1 aliphatic rings. The number of aromatic amines is 1. The highest BCUT2D eigenvalue weighted by Gasteiger charge is 2.31. The summed E-state index contributed by atoms with van der Waals surface area (Å²) in [6.07, 6.45) is 10.9. The number of benzene rings is 1. The molecule has 1 aliphatic carbocycles. The molecule has 1 aromatic carbocycles. The predicted molar refractivity (Wildman–Crippen MR) is 98.2 cm³/mol. The van der Waals surface area contributed by atoms with Gasteiger partial charge in [-0.25, -0.2) is 14.6 Å². The lowest BCUT2D eigenvalue weighted by Gasteiger charge is -2.18. The topological polar surface area (TPSA) is 64.3 Å². The maximum Gasteiger partial charge on any atom is 0.155 e. The Kier molecular flexibility index (Phi) is 3.66. The van der Waals surface area contributed by atoms with Gasteiger partial charge in [-0.2, -0.15) is 5.10 Å². The molecule has 4 aromatic rings. The van der Waals surface area contributed by atoms with E-state index < -0.39 is 0 Å². The minimum Gasteiger partial charge on any atom is -0.348 e. The SMILES string of the molecule is c1ccc(-n2nc(C3CC3)nc2[C@@H](Cc2cnc[nH]2)n2cccc2)cc1. The summed E-state index contributed by atoms with van der Waals surface area (Å²) in [6.45, 7) is 0. The predicted octanol–water partition coefficient (Wildman–Crippen LogP) is 3.50. The summed E-state index contributed by atoms with van der Waals surface area (Å²) in [4.78, 5) is 12.4. The molecule has 0 amide bonds. The fourth-order valence-corrected chi connectivity index (χ4v) is 3.32. The molecule has 26 heavy (non-hydrogen) atoms. The van der Waals surface area contributed by atoms with Crippen LogP contribution in [-0.2, 0) is 6.42 Å². The van der Waals surface area contributed by atoms with E-state index in [1.807, 2.05) is 41.2 Å². The van der Waals surface area contributed by atoms with Gasteiger partial charge in [0.15, 0.2) is 11.6 Å². The highest BCUT2D eigenvalue weighted by atomic mass is 15.4. The molecular formula is C20H20N6. The number of para-hydroxylation sites is 1. The first-order chi connectivity index (χ1) is 12.9. The van der Waals surface area contributed by atoms with Crippen molar-refractivity contribution in [1.82, 2.24) is 29.3 Å². The van der Waals surface area contributed by atoms with E-state index in [0.717, 1.165) is 29.5 Å². The van der Waals surface area contributed by atoms with Crippen LogP contribution in [0.3, 0.4) is 0 Å². The van der Waals surface area contributed by atoms with E-state index in [4.69, 9.17) is 10.1 Å². The van der Waals surface area contributed by atoms with Crippen molar-refractivity contribution in [2.45, 2.75) is 31.2 Å². The van der Waals surface area contributed by atoms with Gasteiger partial charge in [-0.15, -0.1) is 0 Å². The van der Waals surface area contributed by atoms with Crippen molar-refractivity contribution in [3.05, 3.63) is 84.7 Å². The summed E-state index contributed by atoms with van der Waals surface area (Å²) in [5.41, 5.74) is 2.13. The van der Waals surface area contributed by atoms with E-state index in [9.17, 15) is 0 Å². The molecular weight excluding hydrogens is 324 g/mol. The average molecular weight is 344 g/mol. The second kappa shape index (κ2) is 6.29. The van der Waals surface area contributed by atoms with Crippen LogP contribution >= 0.6 is 0 Å². The number of nitrogens with zero attached hydrogens (tertiary/aromatic N) is 5. The fraction of sp³-hybridized carbons (Fsp3) is 0.250. The van der Waals surface area contributed by atoms with Gasteiger partial charge >= 0.3 is 0 Å². The van der Waals surface area contributed by atoms with Crippen LogP contribution in [0.25, 0.3) is 5.69 Å². The van der Waals surface area contributed by atoms with Gasteiger partial charge in [0.2, 0.25) is 0 Å². The van der Waals surface area contributed by atoms with E-state index in [1.165, 1.54) is 12.8 Å². The van der Waals surface area contributed by atoms with E-state index >= 15 is 0 Å². The molecule has 1 fully saturated rings. The molecule has 1 atom stereocenters. The van der Waals surface area contributed by atoms with E-state index in [0.29, 0.717) is 5.92 Å². The molecule has 6 heteroatoms. The van der Waals surface area contributed by atoms with Crippen molar-refractivity contribution in [1.29, 1.82) is 0 Å². The smallest absolute Gasteiger partial charge is 0.155 e. The van der Waals surface area contributed by atoms with E-state index in [-0.39, 0.29) is 6.04 Å². The maximum atomic E-state index is 4.98. The quantitative estimate of drug-likeness (QED) is 0.582. The molecule has 0 aliphatic heterocycles. The molecule has 6 nitrogen and oxygen atoms in total. The lowest BCUT2D eigenvalue weighted by atomic mass is 10.1. The Morgan fingerprint density at radius 3 is 2.58 bits per heavy atom. The minimum absolute atomic E-state index is 0.0469. The molecule has 0 saturated heterocycles. The van der Waals surface area contributed by atoms with Crippen molar-refractivity contribution in [3.8, 4) is 5.69 Å². The van der Waals surface area contributed by atoms with Gasteiger partial charge < -0.3 is 9.55 Å². The number of aromatic nitrogens is 6. The molecule has 1 saturated carbocycles. The Bertz CT molecular complexity index is 965. The van der Waals surface area contributed by atoms with Crippen molar-refractivity contribution >= 4 is 0 Å². The number of imidazole rings is 1. The van der Waals surface area contributed by atoms with Crippen molar-refractivity contribution < 1.29 is 0 Å². The molecule has 0 bridgehead atoms. The summed E-state index contributed by atoms with van der Waals surface area (Å²) >= 11 is 0. The minimum atomic E-state index is 0.0469. The molecule has 5 rings (SSSR count). The van der Waals surface area contributed by atoms with Crippen LogP contribution in [0, 0.1) is 0 Å². The average Bonchev–Trinajstić information content (AvgIpc) is 3.12. The summed E-state index contributed by atoms with van der Waals surface area (Å²) in [7, 11) is 0. The van der Waals surface area contributed by atoms with Crippen LogP contribution in [0.1, 0.15) is 42.1 Å². The van der Waals surface area contributed by atoms with Crippen LogP contribution in [0.5, 0.6) is 0 Å². The first-order valence-electron chi connectivity index (χ1n) is 9.00. The first-order valence-corrected chi connectivity index (χ1v) is 9.00. The van der Waals surface area contributed by atoms with Gasteiger partial charge in [0.25, 0.3) is 0 Å². The third kappa shape index (κ3) is 2.83. The lowest BCUT2D eigenvalue weighted by molar-refractivity contribution is 0.530. The summed E-state index contributed by atoms with van der Waals surface area (Å²) in [6, 6.07) is 14.4. The van der Waals surface area contributed by atoms with Gasteiger partial charge in [0, 0.05) is 36.6 Å². The first kappa shape index (κ1) is 15.1. The van der Waals surface area contributed by atoms with Crippen molar-refractivity contribution in [2.75, 3.05) is 0 Å². The van der Waals surface area contributed by atoms with Gasteiger partial charge in [-0.1, -0.05) is 18.2 Å². The molecule has 0 spiro atoms. The summed E-state index contributed by atoms with van der Waals surface area (Å²) in [5, 5.41) is 4.87. The van der Waals surface area contributed by atoms with Crippen LogP contribution in [-0.4, -0.2) is 29.3 Å². The standard InChI is InChI=1S/C20H20N6/c1-2-6-17(7-3-1)26-20(23-19(24-26)15-8-9-15)18(25-10-4-5-11-25)12-16-13-21-14-22-16/h1-7,10-11,13-15,18H,8-9,12H2,(H,21,22)/t18-/m1/s1. The second-order valence-corrected chi connectivity index (χ2v) is 6.78. The Morgan fingerprint density at radius 2 is 1.88 bits per heavy atom.